The van der Waals surface area contributed by atoms with Gasteiger partial charge in [-0.05, 0) is 52.3 Å². The fourth-order valence-corrected chi connectivity index (χ4v) is 2.84. The highest BCUT2D eigenvalue weighted by molar-refractivity contribution is 9.11. The molecule has 21 heavy (non-hydrogen) atoms. The lowest BCUT2D eigenvalue weighted by atomic mass is 10.2. The molecule has 0 heterocycles. The van der Waals surface area contributed by atoms with Crippen LogP contribution in [0.3, 0.4) is 0 Å². The maximum absolute atomic E-state index is 8.81. The molecule has 2 rings (SSSR count). The number of ether oxygens (including phenoxy) is 2. The highest BCUT2D eigenvalue weighted by Gasteiger charge is 2.02. The third kappa shape index (κ3) is 5.07. The number of benzene rings is 2. The first-order valence-corrected chi connectivity index (χ1v) is 7.98. The van der Waals surface area contributed by atoms with Gasteiger partial charge in [-0.15, -0.1) is 0 Å². The second-order valence-corrected chi connectivity index (χ2v) is 6.03. The van der Waals surface area contributed by atoms with Gasteiger partial charge in [-0.2, -0.15) is 5.26 Å². The van der Waals surface area contributed by atoms with Gasteiger partial charge in [0.1, 0.15) is 11.5 Å². The third-order valence-corrected chi connectivity index (χ3v) is 3.78. The van der Waals surface area contributed by atoms with Crippen molar-refractivity contribution in [3.05, 3.63) is 57.0 Å². The zero-order valence-corrected chi connectivity index (χ0v) is 14.4. The van der Waals surface area contributed by atoms with Crippen LogP contribution in [0.5, 0.6) is 11.5 Å². The average molecular weight is 411 g/mol. The first-order valence-electron chi connectivity index (χ1n) is 6.40. The molecule has 2 aromatic carbocycles. The Balaban J connectivity index is 1.74. The number of nitrogens with zero attached hydrogens (tertiary/aromatic N) is 1. The Hall–Kier alpha value is -1.51. The fraction of sp³-hybridized carbons (Fsp3) is 0.188. The maximum atomic E-state index is 8.81. The van der Waals surface area contributed by atoms with E-state index in [0.29, 0.717) is 24.5 Å². The number of nitriles is 1. The third-order valence-electron chi connectivity index (χ3n) is 2.67. The van der Waals surface area contributed by atoms with Crippen molar-refractivity contribution in [3.8, 4) is 17.6 Å². The summed E-state index contributed by atoms with van der Waals surface area (Å²) < 4.78 is 13.2. The molecule has 3 nitrogen and oxygen atoms in total. The number of halogens is 2. The standard InChI is InChI=1S/C16H13Br2NO2/c17-13-5-6-16(15(18)10-13)21-8-2-7-20-14-4-1-3-12(9-14)11-19/h1,3-6,9-10H,2,7-8H2. The molecule has 5 heteroatoms. The van der Waals surface area contributed by atoms with E-state index >= 15 is 0 Å². The zero-order chi connectivity index (χ0) is 15.1. The van der Waals surface area contributed by atoms with E-state index in [1.165, 1.54) is 0 Å². The van der Waals surface area contributed by atoms with E-state index < -0.39 is 0 Å². The fourth-order valence-electron chi connectivity index (χ4n) is 1.68. The van der Waals surface area contributed by atoms with Crippen molar-refractivity contribution >= 4 is 31.9 Å². The molecule has 0 aliphatic carbocycles. The second-order valence-electron chi connectivity index (χ2n) is 4.26. The first-order chi connectivity index (χ1) is 10.2. The Morgan fingerprint density at radius 1 is 1.00 bits per heavy atom. The van der Waals surface area contributed by atoms with Crippen molar-refractivity contribution in [2.45, 2.75) is 6.42 Å². The zero-order valence-electron chi connectivity index (χ0n) is 11.2. The Bertz CT molecular complexity index is 653. The van der Waals surface area contributed by atoms with E-state index in [4.69, 9.17) is 14.7 Å². The molecule has 0 atom stereocenters. The lowest BCUT2D eigenvalue weighted by molar-refractivity contribution is 0.246. The van der Waals surface area contributed by atoms with Gasteiger partial charge in [0.25, 0.3) is 0 Å². The summed E-state index contributed by atoms with van der Waals surface area (Å²) in [5.74, 6) is 1.52. The molecule has 0 radical (unpaired) electrons. The highest BCUT2D eigenvalue weighted by atomic mass is 79.9. The summed E-state index contributed by atoms with van der Waals surface area (Å²) in [5, 5.41) is 8.81. The smallest absolute Gasteiger partial charge is 0.133 e. The van der Waals surface area contributed by atoms with E-state index in [0.717, 1.165) is 21.1 Å². The summed E-state index contributed by atoms with van der Waals surface area (Å²) >= 11 is 6.85. The molecular formula is C16H13Br2NO2. The van der Waals surface area contributed by atoms with Gasteiger partial charge in [0.2, 0.25) is 0 Å². The van der Waals surface area contributed by atoms with Crippen LogP contribution in [0.2, 0.25) is 0 Å². The summed E-state index contributed by atoms with van der Waals surface area (Å²) in [5.41, 5.74) is 0.600. The van der Waals surface area contributed by atoms with Crippen LogP contribution in [0.4, 0.5) is 0 Å². The molecule has 0 spiro atoms. The van der Waals surface area contributed by atoms with Crippen molar-refractivity contribution in [1.82, 2.24) is 0 Å². The average Bonchev–Trinajstić information content (AvgIpc) is 2.49. The van der Waals surface area contributed by atoms with E-state index in [1.807, 2.05) is 30.3 Å². The number of hydrogen-bond acceptors (Lipinski definition) is 3. The quantitative estimate of drug-likeness (QED) is 0.634. The van der Waals surface area contributed by atoms with E-state index in [1.54, 1.807) is 12.1 Å². The Labute approximate surface area is 140 Å². The van der Waals surface area contributed by atoms with Crippen LogP contribution in [0.25, 0.3) is 0 Å². The molecule has 0 saturated carbocycles. The molecule has 0 aliphatic heterocycles. The van der Waals surface area contributed by atoms with Gasteiger partial charge in [-0.1, -0.05) is 22.0 Å². The van der Waals surface area contributed by atoms with Crippen molar-refractivity contribution in [1.29, 1.82) is 5.26 Å². The number of rotatable bonds is 6. The molecule has 0 aliphatic rings. The predicted octanol–water partition coefficient (Wildman–Crippen LogP) is 4.93. The Morgan fingerprint density at radius 3 is 2.57 bits per heavy atom. The molecule has 0 bridgehead atoms. The van der Waals surface area contributed by atoms with Gasteiger partial charge < -0.3 is 9.47 Å². The molecule has 0 fully saturated rings. The van der Waals surface area contributed by atoms with Gasteiger partial charge in [-0.25, -0.2) is 0 Å². The minimum Gasteiger partial charge on any atom is -0.493 e. The highest BCUT2D eigenvalue weighted by Crippen LogP contribution is 2.28. The van der Waals surface area contributed by atoms with Crippen LogP contribution in [0, 0.1) is 11.3 Å². The van der Waals surface area contributed by atoms with E-state index in [9.17, 15) is 0 Å². The van der Waals surface area contributed by atoms with Gasteiger partial charge in [-0.3, -0.25) is 0 Å². The normalized spacial score (nSPS) is 9.95. The van der Waals surface area contributed by atoms with E-state index in [2.05, 4.69) is 37.9 Å². The van der Waals surface area contributed by atoms with Crippen LogP contribution >= 0.6 is 31.9 Å². The van der Waals surface area contributed by atoms with Crippen LogP contribution in [0.15, 0.2) is 51.4 Å². The lowest BCUT2D eigenvalue weighted by Crippen LogP contribution is -2.05. The molecule has 2 aromatic rings. The molecule has 108 valence electrons. The van der Waals surface area contributed by atoms with Crippen LogP contribution in [-0.4, -0.2) is 13.2 Å². The summed E-state index contributed by atoms with van der Waals surface area (Å²) in [6.45, 7) is 1.11. The van der Waals surface area contributed by atoms with Gasteiger partial charge in [0.05, 0.1) is 29.3 Å². The molecule has 0 aromatic heterocycles. The van der Waals surface area contributed by atoms with Gasteiger partial charge in [0.15, 0.2) is 0 Å². The SMILES string of the molecule is N#Cc1cccc(OCCCOc2ccc(Br)cc2Br)c1. The molecule has 0 N–H and O–H groups in total. The van der Waals surface area contributed by atoms with Crippen molar-refractivity contribution in [3.63, 3.8) is 0 Å². The summed E-state index contributed by atoms with van der Waals surface area (Å²) in [6.07, 6.45) is 0.763. The van der Waals surface area contributed by atoms with Gasteiger partial charge in [0, 0.05) is 10.9 Å². The molecular weight excluding hydrogens is 398 g/mol. The van der Waals surface area contributed by atoms with Crippen LogP contribution < -0.4 is 9.47 Å². The van der Waals surface area contributed by atoms with Gasteiger partial charge >= 0.3 is 0 Å². The van der Waals surface area contributed by atoms with Crippen molar-refractivity contribution in [2.75, 3.05) is 13.2 Å². The molecule has 0 amide bonds. The summed E-state index contributed by atoms with van der Waals surface area (Å²) in [7, 11) is 0. The summed E-state index contributed by atoms with van der Waals surface area (Å²) in [6, 6.07) is 15.0. The minimum absolute atomic E-state index is 0.545. The molecule has 0 unspecified atom stereocenters. The largest absolute Gasteiger partial charge is 0.493 e. The topological polar surface area (TPSA) is 42.2 Å². The number of hydrogen-bond donors (Lipinski definition) is 0. The van der Waals surface area contributed by atoms with E-state index in [-0.39, 0.29) is 0 Å². The minimum atomic E-state index is 0.545. The van der Waals surface area contributed by atoms with Crippen molar-refractivity contribution in [2.24, 2.45) is 0 Å². The summed E-state index contributed by atoms with van der Waals surface area (Å²) in [4.78, 5) is 0. The lowest BCUT2D eigenvalue weighted by Gasteiger charge is -2.09. The Morgan fingerprint density at radius 2 is 1.81 bits per heavy atom. The first kappa shape index (κ1) is 15.9. The second kappa shape index (κ2) is 8.06. The predicted molar refractivity (Wildman–Crippen MR) is 88.6 cm³/mol. The Kier molecular flexibility index (Phi) is 6.09. The molecule has 0 saturated heterocycles. The van der Waals surface area contributed by atoms with Crippen LogP contribution in [0.1, 0.15) is 12.0 Å². The van der Waals surface area contributed by atoms with Crippen molar-refractivity contribution < 1.29 is 9.47 Å². The maximum Gasteiger partial charge on any atom is 0.133 e. The monoisotopic (exact) mass is 409 g/mol. The van der Waals surface area contributed by atoms with Crippen LogP contribution in [-0.2, 0) is 0 Å².